The number of aromatic nitrogens is 2. The Morgan fingerprint density at radius 2 is 1.82 bits per heavy atom. The zero-order valence-corrected chi connectivity index (χ0v) is 9.63. The van der Waals surface area contributed by atoms with Crippen LogP contribution in [-0.4, -0.2) is 15.9 Å². The van der Waals surface area contributed by atoms with Gasteiger partial charge in [0.15, 0.2) is 0 Å². The number of carbonyl (C=O) groups is 1. The van der Waals surface area contributed by atoms with Crippen LogP contribution in [0.4, 0.5) is 5.69 Å². The summed E-state index contributed by atoms with van der Waals surface area (Å²) in [7, 11) is 0. The largest absolute Gasteiger partial charge is 0.322 e. The number of nitrogens with zero attached hydrogens (tertiary/aromatic N) is 2. The van der Waals surface area contributed by atoms with E-state index in [1.807, 2.05) is 18.2 Å². The third-order valence-corrected chi connectivity index (χ3v) is 2.60. The van der Waals surface area contributed by atoms with Gasteiger partial charge in [0.1, 0.15) is 11.7 Å². The summed E-state index contributed by atoms with van der Waals surface area (Å²) in [5.41, 5.74) is 1.28. The maximum Gasteiger partial charge on any atom is 0.247 e. The fourth-order valence-corrected chi connectivity index (χ4v) is 1.54. The predicted molar refractivity (Wildman–Crippen MR) is 65.7 cm³/mol. The summed E-state index contributed by atoms with van der Waals surface area (Å²) in [5.74, 6) is -0.298. The van der Waals surface area contributed by atoms with Gasteiger partial charge < -0.3 is 5.32 Å². The van der Waals surface area contributed by atoms with Crippen molar-refractivity contribution in [3.05, 3.63) is 54.6 Å². The first-order valence-electron chi connectivity index (χ1n) is 5.02. The lowest BCUT2D eigenvalue weighted by atomic mass is 10.1. The molecule has 2 aromatic rings. The van der Waals surface area contributed by atoms with Crippen molar-refractivity contribution in [2.75, 3.05) is 5.32 Å². The number of anilines is 1. The van der Waals surface area contributed by atoms with E-state index in [1.54, 1.807) is 12.1 Å². The van der Waals surface area contributed by atoms with E-state index in [0.29, 0.717) is 5.69 Å². The SMILES string of the molecule is O=C(Nc1cncnc1)C(Cl)c1ccccc1. The van der Waals surface area contributed by atoms with Crippen molar-refractivity contribution in [3.63, 3.8) is 0 Å². The molecule has 0 saturated heterocycles. The molecule has 1 unspecified atom stereocenters. The van der Waals surface area contributed by atoms with Crippen LogP contribution in [0.5, 0.6) is 0 Å². The van der Waals surface area contributed by atoms with E-state index in [-0.39, 0.29) is 5.91 Å². The molecule has 1 aromatic carbocycles. The van der Waals surface area contributed by atoms with Gasteiger partial charge in [0.05, 0.1) is 18.1 Å². The molecule has 0 radical (unpaired) electrons. The van der Waals surface area contributed by atoms with Crippen molar-refractivity contribution in [1.29, 1.82) is 0 Å². The predicted octanol–water partition coefficient (Wildman–Crippen LogP) is 2.40. The van der Waals surface area contributed by atoms with Crippen molar-refractivity contribution in [2.45, 2.75) is 5.38 Å². The van der Waals surface area contributed by atoms with Crippen LogP contribution in [0.15, 0.2) is 49.1 Å². The Morgan fingerprint density at radius 3 is 2.47 bits per heavy atom. The summed E-state index contributed by atoms with van der Waals surface area (Å²) < 4.78 is 0. The van der Waals surface area contributed by atoms with E-state index >= 15 is 0 Å². The second kappa shape index (κ2) is 5.41. The number of halogens is 1. The molecule has 0 aliphatic carbocycles. The molecule has 0 fully saturated rings. The topological polar surface area (TPSA) is 54.9 Å². The molecule has 5 heteroatoms. The summed E-state index contributed by atoms with van der Waals surface area (Å²) in [6.07, 6.45) is 4.42. The highest BCUT2D eigenvalue weighted by molar-refractivity contribution is 6.32. The van der Waals surface area contributed by atoms with E-state index in [0.717, 1.165) is 5.56 Å². The van der Waals surface area contributed by atoms with Gasteiger partial charge >= 0.3 is 0 Å². The summed E-state index contributed by atoms with van der Waals surface area (Å²) in [5, 5.41) is 1.92. The standard InChI is InChI=1S/C12H10ClN3O/c13-11(9-4-2-1-3-5-9)12(17)16-10-6-14-8-15-7-10/h1-8,11H,(H,16,17). The zero-order chi connectivity index (χ0) is 12.1. The van der Waals surface area contributed by atoms with Gasteiger partial charge in [-0.1, -0.05) is 30.3 Å². The molecule has 0 aliphatic rings. The second-order valence-electron chi connectivity index (χ2n) is 3.39. The Balaban J connectivity index is 2.06. The number of rotatable bonds is 3. The lowest BCUT2D eigenvalue weighted by molar-refractivity contribution is -0.116. The molecular formula is C12H10ClN3O. The van der Waals surface area contributed by atoms with E-state index in [2.05, 4.69) is 15.3 Å². The van der Waals surface area contributed by atoms with Crippen molar-refractivity contribution in [3.8, 4) is 0 Å². The number of benzene rings is 1. The van der Waals surface area contributed by atoms with Gasteiger partial charge in [0, 0.05) is 0 Å². The minimum atomic E-state index is -0.726. The van der Waals surface area contributed by atoms with Crippen LogP contribution in [0.1, 0.15) is 10.9 Å². The van der Waals surface area contributed by atoms with Gasteiger partial charge in [-0.05, 0) is 5.56 Å². The van der Waals surface area contributed by atoms with Crippen molar-refractivity contribution in [2.24, 2.45) is 0 Å². The van der Waals surface area contributed by atoms with Gasteiger partial charge in [0.25, 0.3) is 0 Å². The van der Waals surface area contributed by atoms with Crippen LogP contribution in [-0.2, 0) is 4.79 Å². The molecule has 1 N–H and O–H groups in total. The summed E-state index contributed by atoms with van der Waals surface area (Å²) in [6, 6.07) is 9.15. The van der Waals surface area contributed by atoms with Gasteiger partial charge in [-0.3, -0.25) is 4.79 Å². The average molecular weight is 248 g/mol. The quantitative estimate of drug-likeness (QED) is 0.848. The summed E-state index contributed by atoms with van der Waals surface area (Å²) in [6.45, 7) is 0. The molecule has 0 saturated carbocycles. The number of alkyl halides is 1. The van der Waals surface area contributed by atoms with Gasteiger partial charge in [-0.15, -0.1) is 11.6 Å². The van der Waals surface area contributed by atoms with Crippen molar-refractivity contribution in [1.82, 2.24) is 9.97 Å². The fourth-order valence-electron chi connectivity index (χ4n) is 1.34. The number of nitrogens with one attached hydrogen (secondary N) is 1. The third kappa shape index (κ3) is 3.01. The minimum absolute atomic E-state index is 0.298. The number of carbonyl (C=O) groups excluding carboxylic acids is 1. The number of hydrogen-bond donors (Lipinski definition) is 1. The van der Waals surface area contributed by atoms with E-state index in [4.69, 9.17) is 11.6 Å². The highest BCUT2D eigenvalue weighted by Gasteiger charge is 2.17. The highest BCUT2D eigenvalue weighted by atomic mass is 35.5. The first-order chi connectivity index (χ1) is 8.27. The molecule has 1 aromatic heterocycles. The van der Waals surface area contributed by atoms with Crippen LogP contribution in [0.2, 0.25) is 0 Å². The summed E-state index contributed by atoms with van der Waals surface area (Å²) in [4.78, 5) is 19.4. The number of amides is 1. The molecule has 1 amide bonds. The normalized spacial score (nSPS) is 11.8. The Bertz CT molecular complexity index is 490. The monoisotopic (exact) mass is 247 g/mol. The van der Waals surface area contributed by atoms with Gasteiger partial charge in [0.2, 0.25) is 5.91 Å². The van der Waals surface area contributed by atoms with Crippen molar-refractivity contribution < 1.29 is 4.79 Å². The minimum Gasteiger partial charge on any atom is -0.322 e. The Morgan fingerprint density at radius 1 is 1.18 bits per heavy atom. The Labute approximate surface area is 104 Å². The first kappa shape index (κ1) is 11.5. The van der Waals surface area contributed by atoms with Crippen LogP contribution in [0.25, 0.3) is 0 Å². The molecule has 0 aliphatic heterocycles. The summed E-state index contributed by atoms with van der Waals surface area (Å²) >= 11 is 6.05. The van der Waals surface area contributed by atoms with Crippen molar-refractivity contribution >= 4 is 23.2 Å². The van der Waals surface area contributed by atoms with Gasteiger partial charge in [-0.2, -0.15) is 0 Å². The Kier molecular flexibility index (Phi) is 3.67. The molecule has 0 bridgehead atoms. The molecule has 1 atom stereocenters. The molecule has 4 nitrogen and oxygen atoms in total. The molecule has 1 heterocycles. The molecule has 2 rings (SSSR count). The van der Waals surface area contributed by atoms with Crippen LogP contribution in [0, 0.1) is 0 Å². The average Bonchev–Trinajstić information content (AvgIpc) is 2.40. The third-order valence-electron chi connectivity index (χ3n) is 2.15. The lowest BCUT2D eigenvalue weighted by Crippen LogP contribution is -2.17. The fraction of sp³-hybridized carbons (Fsp3) is 0.0833. The molecule has 17 heavy (non-hydrogen) atoms. The van der Waals surface area contributed by atoms with Crippen LogP contribution >= 0.6 is 11.6 Å². The Hall–Kier alpha value is -1.94. The molecule has 86 valence electrons. The number of hydrogen-bond acceptors (Lipinski definition) is 3. The van der Waals surface area contributed by atoms with Gasteiger partial charge in [-0.25, -0.2) is 9.97 Å². The smallest absolute Gasteiger partial charge is 0.247 e. The van der Waals surface area contributed by atoms with E-state index in [1.165, 1.54) is 18.7 Å². The van der Waals surface area contributed by atoms with Crippen LogP contribution in [0.3, 0.4) is 0 Å². The van der Waals surface area contributed by atoms with E-state index in [9.17, 15) is 4.79 Å². The maximum atomic E-state index is 11.8. The van der Waals surface area contributed by atoms with Crippen LogP contribution < -0.4 is 5.32 Å². The molecule has 0 spiro atoms. The maximum absolute atomic E-state index is 11.8. The van der Waals surface area contributed by atoms with E-state index < -0.39 is 5.38 Å². The highest BCUT2D eigenvalue weighted by Crippen LogP contribution is 2.21. The second-order valence-corrected chi connectivity index (χ2v) is 3.83. The first-order valence-corrected chi connectivity index (χ1v) is 5.46. The lowest BCUT2D eigenvalue weighted by Gasteiger charge is -2.09. The zero-order valence-electron chi connectivity index (χ0n) is 8.88. The molecular weight excluding hydrogens is 238 g/mol.